The number of aromatic amines is 1. The second-order valence-electron chi connectivity index (χ2n) is 18.8. The van der Waals surface area contributed by atoms with Crippen molar-refractivity contribution in [3.05, 3.63) is 89.9 Å². The number of carbonyl (C=O) groups excluding carboxylic acids is 6. The zero-order valence-corrected chi connectivity index (χ0v) is 39.6. The van der Waals surface area contributed by atoms with E-state index in [0.717, 1.165) is 40.2 Å². The molecule has 6 heterocycles. The predicted molar refractivity (Wildman–Crippen MR) is 255 cm³/mol. The van der Waals surface area contributed by atoms with Crippen molar-refractivity contribution in [2.45, 2.75) is 76.9 Å². The lowest BCUT2D eigenvalue weighted by Crippen LogP contribution is -2.65. The molecule has 2 unspecified atom stereocenters. The quantitative estimate of drug-likeness (QED) is 0.0750. The van der Waals surface area contributed by atoms with E-state index in [-0.39, 0.29) is 55.7 Å². The molecule has 3 fully saturated rings. The molecule has 5 aromatic rings. The van der Waals surface area contributed by atoms with Gasteiger partial charge >= 0.3 is 12.1 Å². The van der Waals surface area contributed by atoms with Crippen molar-refractivity contribution < 1.29 is 47.8 Å². The third-order valence-corrected chi connectivity index (χ3v) is 13.1. The van der Waals surface area contributed by atoms with Gasteiger partial charge in [0.1, 0.15) is 30.5 Å². The number of hydrogen-bond donors (Lipinski definition) is 4. The largest absolute Gasteiger partial charge is 0.491 e. The van der Waals surface area contributed by atoms with Gasteiger partial charge in [0.05, 0.1) is 59.9 Å². The molecule has 7 amide bonds. The van der Waals surface area contributed by atoms with Gasteiger partial charge in [-0.25, -0.2) is 14.6 Å². The molecule has 0 radical (unpaired) electrons. The molecular formula is C49H57N11O10. The zero-order valence-electron chi connectivity index (χ0n) is 39.6. The van der Waals surface area contributed by atoms with Gasteiger partial charge in [-0.05, 0) is 81.1 Å². The maximum atomic E-state index is 14.0. The molecule has 70 heavy (non-hydrogen) atoms. The summed E-state index contributed by atoms with van der Waals surface area (Å²) in [5, 5.41) is 16.3. The van der Waals surface area contributed by atoms with Crippen LogP contribution in [0.3, 0.4) is 0 Å². The minimum Gasteiger partial charge on any atom is -0.491 e. The molecule has 4 N–H and O–H groups in total. The fraction of sp³-hybridized carbons (Fsp3) is 0.429. The van der Waals surface area contributed by atoms with E-state index in [1.807, 2.05) is 68.7 Å². The molecule has 0 spiro atoms. The number of benzene rings is 3. The Morgan fingerprint density at radius 2 is 1.71 bits per heavy atom. The molecule has 3 saturated heterocycles. The number of hydrogen-bond acceptors (Lipinski definition) is 14. The highest BCUT2D eigenvalue weighted by Crippen LogP contribution is 2.36. The van der Waals surface area contributed by atoms with Crippen LogP contribution < -0.4 is 20.7 Å². The summed E-state index contributed by atoms with van der Waals surface area (Å²) in [6.45, 7) is 11.8. The first-order valence-electron chi connectivity index (χ1n) is 23.6. The second-order valence-corrected chi connectivity index (χ2v) is 18.8. The third kappa shape index (κ3) is 9.76. The Morgan fingerprint density at radius 3 is 2.49 bits per heavy atom. The lowest BCUT2D eigenvalue weighted by atomic mass is 9.92. The minimum absolute atomic E-state index is 0.103. The van der Waals surface area contributed by atoms with Crippen LogP contribution in [-0.2, 0) is 29.3 Å². The number of H-pyrrole nitrogens is 1. The number of ether oxygens (including phenoxy) is 3. The van der Waals surface area contributed by atoms with Gasteiger partial charge in [0.25, 0.3) is 23.6 Å². The summed E-state index contributed by atoms with van der Waals surface area (Å²) >= 11 is 0. The molecule has 2 atom stereocenters. The molecule has 21 heteroatoms. The Balaban J connectivity index is 0.735. The molecule has 0 saturated carbocycles. The number of morpholine rings is 1. The van der Waals surface area contributed by atoms with E-state index in [4.69, 9.17) is 19.0 Å². The van der Waals surface area contributed by atoms with E-state index >= 15 is 0 Å². The first-order chi connectivity index (χ1) is 33.7. The van der Waals surface area contributed by atoms with Crippen molar-refractivity contribution in [1.29, 1.82) is 0 Å². The lowest BCUT2D eigenvalue weighted by molar-refractivity contribution is -0.193. The fourth-order valence-electron chi connectivity index (χ4n) is 9.33. The van der Waals surface area contributed by atoms with Crippen molar-refractivity contribution >= 4 is 64.0 Å². The predicted octanol–water partition coefficient (Wildman–Crippen LogP) is 5.90. The second kappa shape index (κ2) is 19.9. The van der Waals surface area contributed by atoms with E-state index < -0.39 is 47.5 Å². The van der Waals surface area contributed by atoms with Crippen LogP contribution in [0.1, 0.15) is 86.2 Å². The van der Waals surface area contributed by atoms with Crippen molar-refractivity contribution in [2.75, 3.05) is 75.2 Å². The molecular weight excluding hydrogens is 903 g/mol. The summed E-state index contributed by atoms with van der Waals surface area (Å²) in [6.07, 6.45) is 2.86. The summed E-state index contributed by atoms with van der Waals surface area (Å²) < 4.78 is 19.2. The van der Waals surface area contributed by atoms with E-state index in [0.29, 0.717) is 67.3 Å². The summed E-state index contributed by atoms with van der Waals surface area (Å²) in [4.78, 5) is 95.7. The topological polar surface area (TPSA) is 235 Å². The van der Waals surface area contributed by atoms with Crippen LogP contribution in [0.15, 0.2) is 73.1 Å². The van der Waals surface area contributed by atoms with Crippen LogP contribution in [-0.4, -0.2) is 146 Å². The number of carbonyl (C=O) groups is 6. The standard InChI is InChI=1S/C49H57N11O10/c1-48(2,3)39-29-40(55-54-39)53-46(65)52-31-10-12-32(13-11-31)57-30-51-36-28-33(14-15-37(36)57)69-27-26-67-23-19-50-35-9-7-8-34-42(35)45(64)59(43(34)62)38-16-17-41(61)60(44(38)63)70-47(66)58-20-6-5-18-49(58,4)56-21-24-68-25-22-56/h7-15,28-30,38,50H,5-6,16-27H2,1-4H3,(H3,52,53,54,55,65). The number of amides is 7. The highest BCUT2D eigenvalue weighted by Gasteiger charge is 2.51. The van der Waals surface area contributed by atoms with Gasteiger partial charge < -0.3 is 29.7 Å². The van der Waals surface area contributed by atoms with Gasteiger partial charge in [-0.3, -0.25) is 48.9 Å². The Kier molecular flexibility index (Phi) is 13.6. The van der Waals surface area contributed by atoms with Gasteiger partial charge in [-0.15, -0.1) is 0 Å². The number of rotatable bonds is 14. The molecule has 21 nitrogen and oxygen atoms in total. The van der Waals surface area contributed by atoms with Crippen molar-refractivity contribution in [3.63, 3.8) is 0 Å². The lowest BCUT2D eigenvalue weighted by Gasteiger charge is -2.51. The molecule has 9 rings (SSSR count). The average Bonchev–Trinajstić information content (AvgIpc) is 4.07. The summed E-state index contributed by atoms with van der Waals surface area (Å²) in [7, 11) is 0. The number of imidazole rings is 1. The molecule has 0 bridgehead atoms. The number of urea groups is 1. The molecule has 2 aromatic heterocycles. The fourth-order valence-corrected chi connectivity index (χ4v) is 9.33. The number of anilines is 3. The summed E-state index contributed by atoms with van der Waals surface area (Å²) in [5.41, 5.74) is 3.64. The van der Waals surface area contributed by atoms with Crippen LogP contribution in [0.5, 0.6) is 5.75 Å². The molecule has 3 aromatic carbocycles. The Hall–Kier alpha value is -7.36. The molecule has 4 aliphatic rings. The Bertz CT molecular complexity index is 2800. The van der Waals surface area contributed by atoms with Crippen molar-refractivity contribution in [1.82, 2.24) is 39.5 Å². The van der Waals surface area contributed by atoms with Gasteiger partial charge in [0, 0.05) is 67.2 Å². The van der Waals surface area contributed by atoms with Crippen LogP contribution >= 0.6 is 0 Å². The van der Waals surface area contributed by atoms with E-state index in [9.17, 15) is 28.8 Å². The highest BCUT2D eigenvalue weighted by molar-refractivity contribution is 6.25. The maximum Gasteiger partial charge on any atom is 0.436 e. The highest BCUT2D eigenvalue weighted by atomic mass is 16.7. The van der Waals surface area contributed by atoms with E-state index in [2.05, 4.69) is 36.0 Å². The smallest absolute Gasteiger partial charge is 0.436 e. The molecule has 4 aliphatic heterocycles. The summed E-state index contributed by atoms with van der Waals surface area (Å²) in [6, 6.07) is 17.9. The Morgan fingerprint density at radius 1 is 0.914 bits per heavy atom. The van der Waals surface area contributed by atoms with E-state index in [1.165, 1.54) is 6.07 Å². The van der Waals surface area contributed by atoms with Crippen LogP contribution in [0.2, 0.25) is 0 Å². The molecule has 0 aliphatic carbocycles. The number of likely N-dealkylation sites (tertiary alicyclic amines) is 1. The van der Waals surface area contributed by atoms with Crippen molar-refractivity contribution in [3.8, 4) is 11.4 Å². The molecule has 368 valence electrons. The number of aromatic nitrogens is 4. The monoisotopic (exact) mass is 959 g/mol. The van der Waals surface area contributed by atoms with Gasteiger partial charge in [-0.2, -0.15) is 5.10 Å². The number of fused-ring (bicyclic) bond motifs is 2. The zero-order chi connectivity index (χ0) is 49.2. The number of hydroxylamine groups is 2. The first-order valence-corrected chi connectivity index (χ1v) is 23.6. The first kappa shape index (κ1) is 47.7. The van der Waals surface area contributed by atoms with Crippen LogP contribution in [0.25, 0.3) is 16.7 Å². The number of imide groups is 2. The summed E-state index contributed by atoms with van der Waals surface area (Å²) in [5.74, 6) is -1.93. The number of nitrogens with zero attached hydrogens (tertiary/aromatic N) is 7. The SMILES string of the molecule is CC(C)(C)c1cc(NC(=O)Nc2ccc(-n3cnc4cc(OCCOCCNc5cccc6c5C(=O)N(C5CCC(=O)N(OC(=O)N7CCCCC7(C)N7CCOCC7)C5=O)C6=O)ccc43)cc2)[nH]n1. The maximum absolute atomic E-state index is 14.0. The van der Waals surface area contributed by atoms with Gasteiger partial charge in [-0.1, -0.05) is 31.9 Å². The van der Waals surface area contributed by atoms with E-state index in [1.54, 1.807) is 35.5 Å². The van der Waals surface area contributed by atoms with Crippen LogP contribution in [0.4, 0.5) is 26.8 Å². The number of nitrogens with one attached hydrogen (secondary N) is 4. The third-order valence-electron chi connectivity index (χ3n) is 13.1. The normalized spacial score (nSPS) is 19.9. The Labute approximate surface area is 403 Å². The minimum atomic E-state index is -1.35. The number of piperidine rings is 2. The average molecular weight is 960 g/mol. The van der Waals surface area contributed by atoms with Crippen molar-refractivity contribution in [2.24, 2.45) is 0 Å². The van der Waals surface area contributed by atoms with Gasteiger partial charge in [0.15, 0.2) is 0 Å². The van der Waals surface area contributed by atoms with Crippen LogP contribution in [0, 0.1) is 0 Å². The van der Waals surface area contributed by atoms with Gasteiger partial charge in [0.2, 0.25) is 0 Å².